The Hall–Kier alpha value is -1.14. The highest BCUT2D eigenvalue weighted by Crippen LogP contribution is 2.36. The van der Waals surface area contributed by atoms with E-state index in [1.54, 1.807) is 0 Å². The Bertz CT molecular complexity index is 231. The van der Waals surface area contributed by atoms with Crippen molar-refractivity contribution in [3.8, 4) is 0 Å². The molecule has 0 bridgehead atoms. The molecule has 0 aromatic rings. The summed E-state index contributed by atoms with van der Waals surface area (Å²) in [6.07, 6.45) is -6.18. The monoisotopic (exact) mass is 218 g/mol. The Morgan fingerprint density at radius 2 is 1.79 bits per heavy atom. The third-order valence-corrected chi connectivity index (χ3v) is 1.09. The van der Waals surface area contributed by atoms with Crippen LogP contribution in [0.25, 0.3) is 0 Å². The minimum Gasteiger partial charge on any atom is -0.463 e. The SMILES string of the molecule is CCOC(=O)C=CC(F)(F)C(F)(F)F. The minimum atomic E-state index is -5.70. The highest BCUT2D eigenvalue weighted by molar-refractivity contribution is 5.82. The average Bonchev–Trinajstić information content (AvgIpc) is 1.99. The lowest BCUT2D eigenvalue weighted by atomic mass is 10.3. The molecule has 0 aliphatic rings. The van der Waals surface area contributed by atoms with Gasteiger partial charge >= 0.3 is 18.1 Å². The number of carbonyl (C=O) groups excluding carboxylic acids is 1. The van der Waals surface area contributed by atoms with Crippen LogP contribution < -0.4 is 0 Å². The number of rotatable bonds is 3. The quantitative estimate of drug-likeness (QED) is 0.412. The van der Waals surface area contributed by atoms with Gasteiger partial charge in [-0.15, -0.1) is 0 Å². The minimum absolute atomic E-state index is 0.0526. The smallest absolute Gasteiger partial charge is 0.457 e. The Balaban J connectivity index is 4.43. The molecule has 14 heavy (non-hydrogen) atoms. The summed E-state index contributed by atoms with van der Waals surface area (Å²) in [7, 11) is 0. The van der Waals surface area contributed by atoms with Gasteiger partial charge in [0.2, 0.25) is 0 Å². The zero-order valence-electron chi connectivity index (χ0n) is 7.07. The van der Waals surface area contributed by atoms with Crippen LogP contribution >= 0.6 is 0 Å². The van der Waals surface area contributed by atoms with Crippen molar-refractivity contribution in [3.63, 3.8) is 0 Å². The fourth-order valence-electron chi connectivity index (χ4n) is 0.458. The van der Waals surface area contributed by atoms with Gasteiger partial charge in [-0.25, -0.2) is 4.79 Å². The lowest BCUT2D eigenvalue weighted by Crippen LogP contribution is -2.34. The molecule has 0 saturated carbocycles. The van der Waals surface area contributed by atoms with Crippen molar-refractivity contribution in [3.05, 3.63) is 12.2 Å². The van der Waals surface area contributed by atoms with Gasteiger partial charge in [0.15, 0.2) is 0 Å². The summed E-state index contributed by atoms with van der Waals surface area (Å²) in [4.78, 5) is 10.4. The van der Waals surface area contributed by atoms with Gasteiger partial charge in [0, 0.05) is 12.2 Å². The molecule has 82 valence electrons. The van der Waals surface area contributed by atoms with Crippen LogP contribution in [0.4, 0.5) is 22.0 Å². The first-order valence-electron chi connectivity index (χ1n) is 3.51. The van der Waals surface area contributed by atoms with Gasteiger partial charge in [-0.1, -0.05) is 0 Å². The van der Waals surface area contributed by atoms with Crippen molar-refractivity contribution in [2.75, 3.05) is 6.61 Å². The maximum Gasteiger partial charge on any atom is 0.457 e. The van der Waals surface area contributed by atoms with Gasteiger partial charge in [0.25, 0.3) is 0 Å². The van der Waals surface area contributed by atoms with Crippen LogP contribution in [-0.4, -0.2) is 24.7 Å². The molecular formula is C7H7F5O2. The second-order valence-electron chi connectivity index (χ2n) is 2.21. The zero-order valence-corrected chi connectivity index (χ0v) is 7.07. The van der Waals surface area contributed by atoms with Crippen LogP contribution in [0, 0.1) is 0 Å². The number of allylic oxidation sites excluding steroid dienone is 1. The molecule has 0 fully saturated rings. The topological polar surface area (TPSA) is 26.3 Å². The summed E-state index contributed by atoms with van der Waals surface area (Å²) in [6.45, 7) is 1.30. The molecule has 0 N–H and O–H groups in total. The van der Waals surface area contributed by atoms with Crippen LogP contribution in [0.1, 0.15) is 6.92 Å². The summed E-state index contributed by atoms with van der Waals surface area (Å²) >= 11 is 0. The van der Waals surface area contributed by atoms with E-state index in [9.17, 15) is 26.7 Å². The van der Waals surface area contributed by atoms with Gasteiger partial charge < -0.3 is 4.74 Å². The first-order chi connectivity index (χ1) is 6.20. The number of hydrogen-bond acceptors (Lipinski definition) is 2. The molecule has 0 aliphatic carbocycles. The van der Waals surface area contributed by atoms with Gasteiger partial charge in [0.1, 0.15) is 0 Å². The third kappa shape index (κ3) is 3.71. The van der Waals surface area contributed by atoms with Crippen LogP contribution in [0.2, 0.25) is 0 Å². The highest BCUT2D eigenvalue weighted by atomic mass is 19.4. The van der Waals surface area contributed by atoms with E-state index in [2.05, 4.69) is 4.74 Å². The van der Waals surface area contributed by atoms with Crippen LogP contribution in [-0.2, 0) is 9.53 Å². The molecule has 0 amide bonds. The number of esters is 1. The summed E-state index contributed by atoms with van der Waals surface area (Å²) < 4.78 is 62.9. The van der Waals surface area contributed by atoms with Crippen LogP contribution in [0.3, 0.4) is 0 Å². The van der Waals surface area contributed by atoms with E-state index in [0.717, 1.165) is 0 Å². The second kappa shape index (κ2) is 4.39. The highest BCUT2D eigenvalue weighted by Gasteiger charge is 2.55. The van der Waals surface area contributed by atoms with Gasteiger partial charge in [0.05, 0.1) is 6.61 Å². The lowest BCUT2D eigenvalue weighted by Gasteiger charge is -2.14. The standard InChI is InChI=1S/C7H7F5O2/c1-2-14-5(13)3-4-6(8,9)7(10,11)12/h3-4H,2H2,1H3. The van der Waals surface area contributed by atoms with Crippen molar-refractivity contribution in [2.24, 2.45) is 0 Å². The summed E-state index contributed by atoms with van der Waals surface area (Å²) in [6, 6.07) is 0. The molecule has 0 spiro atoms. The van der Waals surface area contributed by atoms with Crippen LogP contribution in [0.5, 0.6) is 0 Å². The van der Waals surface area contributed by atoms with Gasteiger partial charge in [-0.3, -0.25) is 0 Å². The van der Waals surface area contributed by atoms with E-state index in [-0.39, 0.29) is 12.7 Å². The van der Waals surface area contributed by atoms with E-state index in [4.69, 9.17) is 0 Å². The van der Waals surface area contributed by atoms with Gasteiger partial charge in [-0.2, -0.15) is 22.0 Å². The van der Waals surface area contributed by atoms with Crippen LogP contribution in [0.15, 0.2) is 12.2 Å². The second-order valence-corrected chi connectivity index (χ2v) is 2.21. The van der Waals surface area contributed by atoms with Crippen molar-refractivity contribution in [2.45, 2.75) is 19.0 Å². The summed E-state index contributed by atoms with van der Waals surface area (Å²) in [5.74, 6) is -6.25. The predicted octanol–water partition coefficient (Wildman–Crippen LogP) is 2.30. The first kappa shape index (κ1) is 12.9. The molecule has 0 rings (SSSR count). The lowest BCUT2D eigenvalue weighted by molar-refractivity contribution is -0.259. The van der Waals surface area contributed by atoms with E-state index in [0.29, 0.717) is 0 Å². The van der Waals surface area contributed by atoms with E-state index < -0.39 is 24.1 Å². The summed E-state index contributed by atoms with van der Waals surface area (Å²) in [5, 5.41) is 0. The number of halogens is 5. The Labute approximate surface area is 76.3 Å². The number of alkyl halides is 5. The molecule has 0 aliphatic heterocycles. The average molecular weight is 218 g/mol. The fourth-order valence-corrected chi connectivity index (χ4v) is 0.458. The fraction of sp³-hybridized carbons (Fsp3) is 0.571. The molecular weight excluding hydrogens is 211 g/mol. The number of carbonyl (C=O) groups is 1. The molecule has 0 aromatic heterocycles. The Morgan fingerprint density at radius 1 is 1.29 bits per heavy atom. The molecule has 0 heterocycles. The third-order valence-electron chi connectivity index (χ3n) is 1.09. The number of ether oxygens (including phenoxy) is 1. The molecule has 0 atom stereocenters. The van der Waals surface area contributed by atoms with E-state index in [1.807, 2.05) is 0 Å². The van der Waals surface area contributed by atoms with Crippen molar-refractivity contribution in [1.29, 1.82) is 0 Å². The largest absolute Gasteiger partial charge is 0.463 e. The maximum atomic E-state index is 12.1. The molecule has 0 unspecified atom stereocenters. The van der Waals surface area contributed by atoms with Crippen molar-refractivity contribution in [1.82, 2.24) is 0 Å². The maximum absolute atomic E-state index is 12.1. The molecule has 2 nitrogen and oxygen atoms in total. The summed E-state index contributed by atoms with van der Waals surface area (Å²) in [5.41, 5.74) is 0. The van der Waals surface area contributed by atoms with Gasteiger partial charge in [-0.05, 0) is 6.92 Å². The van der Waals surface area contributed by atoms with Crippen molar-refractivity contribution < 1.29 is 31.5 Å². The Morgan fingerprint density at radius 3 is 2.14 bits per heavy atom. The first-order valence-corrected chi connectivity index (χ1v) is 3.51. The molecule has 7 heteroatoms. The number of hydrogen-bond donors (Lipinski definition) is 0. The molecule has 0 aromatic carbocycles. The molecule has 0 radical (unpaired) electrons. The Kier molecular flexibility index (Phi) is 4.03. The molecule has 0 saturated heterocycles. The van der Waals surface area contributed by atoms with Crippen molar-refractivity contribution >= 4 is 5.97 Å². The van der Waals surface area contributed by atoms with E-state index in [1.165, 1.54) is 6.92 Å². The van der Waals surface area contributed by atoms with E-state index >= 15 is 0 Å². The predicted molar refractivity (Wildman–Crippen MR) is 36.8 cm³/mol. The normalized spacial score (nSPS) is 13.3. The zero-order chi connectivity index (χ0) is 11.4.